The van der Waals surface area contributed by atoms with Crippen LogP contribution in [0.25, 0.3) is 0 Å². The molecule has 13 heavy (non-hydrogen) atoms. The van der Waals surface area contributed by atoms with E-state index in [-0.39, 0.29) is 0 Å². The maximum atomic E-state index is 9.38. The van der Waals surface area contributed by atoms with E-state index >= 15 is 0 Å². The molecular formula is C7H14O6. The quantitative estimate of drug-likeness (QED) is 0.386. The van der Waals surface area contributed by atoms with Crippen molar-refractivity contribution >= 4 is 0 Å². The Labute approximate surface area is 75.3 Å². The Morgan fingerprint density at radius 3 is 2.31 bits per heavy atom. The van der Waals surface area contributed by atoms with Crippen molar-refractivity contribution in [1.82, 2.24) is 0 Å². The molecule has 0 aromatic carbocycles. The summed E-state index contributed by atoms with van der Waals surface area (Å²) in [4.78, 5) is 0. The number of hydrogen-bond acceptors (Lipinski definition) is 6. The zero-order valence-electron chi connectivity index (χ0n) is 7.20. The average molecular weight is 194 g/mol. The van der Waals surface area contributed by atoms with Gasteiger partial charge in [-0.15, -0.1) is 0 Å². The van der Waals surface area contributed by atoms with Gasteiger partial charge in [-0.3, -0.25) is 0 Å². The molecule has 6 heteroatoms. The SMILES string of the molecule is COC1[C@@H](O)[C@H](O)C(CO)O[C@@H]1O. The molecular weight excluding hydrogens is 180 g/mol. The standard InChI is InChI=1S/C7H14O6/c1-12-6-5(10)4(9)3(2-8)13-7(6)11/h3-11H,2H2,1H3/t3?,4-,5+,6?,7+/m1/s1. The first kappa shape index (κ1) is 10.8. The van der Waals surface area contributed by atoms with Crippen molar-refractivity contribution in [2.24, 2.45) is 0 Å². The molecule has 0 aromatic heterocycles. The molecule has 6 nitrogen and oxygen atoms in total. The second-order valence-corrected chi connectivity index (χ2v) is 2.93. The fraction of sp³-hybridized carbons (Fsp3) is 1.00. The average Bonchev–Trinajstić information content (AvgIpc) is 2.12. The lowest BCUT2D eigenvalue weighted by Gasteiger charge is -2.39. The minimum absolute atomic E-state index is 0.467. The number of ether oxygens (including phenoxy) is 2. The van der Waals surface area contributed by atoms with Crippen LogP contribution in [-0.4, -0.2) is 64.8 Å². The number of methoxy groups -OCH3 is 1. The van der Waals surface area contributed by atoms with Gasteiger partial charge in [0.05, 0.1) is 6.61 Å². The van der Waals surface area contributed by atoms with Crippen molar-refractivity contribution in [3.63, 3.8) is 0 Å². The van der Waals surface area contributed by atoms with Crippen molar-refractivity contribution in [3.05, 3.63) is 0 Å². The van der Waals surface area contributed by atoms with Gasteiger partial charge in [0, 0.05) is 7.11 Å². The van der Waals surface area contributed by atoms with Crippen molar-refractivity contribution in [1.29, 1.82) is 0 Å². The minimum Gasteiger partial charge on any atom is -0.394 e. The lowest BCUT2D eigenvalue weighted by atomic mass is 9.99. The monoisotopic (exact) mass is 194 g/mol. The van der Waals surface area contributed by atoms with E-state index in [1.165, 1.54) is 7.11 Å². The third-order valence-electron chi connectivity index (χ3n) is 2.11. The van der Waals surface area contributed by atoms with Gasteiger partial charge in [-0.2, -0.15) is 0 Å². The highest BCUT2D eigenvalue weighted by molar-refractivity contribution is 4.88. The first-order valence-corrected chi connectivity index (χ1v) is 3.95. The summed E-state index contributed by atoms with van der Waals surface area (Å²) in [5.74, 6) is 0. The topological polar surface area (TPSA) is 99.4 Å². The van der Waals surface area contributed by atoms with Crippen LogP contribution in [0.1, 0.15) is 0 Å². The molecule has 0 saturated carbocycles. The Bertz CT molecular complexity index is 163. The van der Waals surface area contributed by atoms with Crippen molar-refractivity contribution in [2.45, 2.75) is 30.7 Å². The maximum Gasteiger partial charge on any atom is 0.184 e. The molecule has 4 N–H and O–H groups in total. The molecule has 0 radical (unpaired) electrons. The molecule has 1 aliphatic rings. The molecule has 2 unspecified atom stereocenters. The second-order valence-electron chi connectivity index (χ2n) is 2.93. The summed E-state index contributed by atoms with van der Waals surface area (Å²) in [5, 5.41) is 36.7. The van der Waals surface area contributed by atoms with Crippen LogP contribution in [0.4, 0.5) is 0 Å². The Kier molecular flexibility index (Phi) is 3.60. The van der Waals surface area contributed by atoms with Gasteiger partial charge in [0.15, 0.2) is 6.29 Å². The molecule has 5 atom stereocenters. The van der Waals surface area contributed by atoms with Crippen LogP contribution in [0, 0.1) is 0 Å². The lowest BCUT2D eigenvalue weighted by Crippen LogP contribution is -2.59. The van der Waals surface area contributed by atoms with Gasteiger partial charge in [-0.25, -0.2) is 0 Å². The molecule has 1 fully saturated rings. The highest BCUT2D eigenvalue weighted by Crippen LogP contribution is 2.21. The van der Waals surface area contributed by atoms with Crippen molar-refractivity contribution in [3.8, 4) is 0 Å². The van der Waals surface area contributed by atoms with E-state index < -0.39 is 37.3 Å². The van der Waals surface area contributed by atoms with Gasteiger partial charge in [-0.05, 0) is 0 Å². The zero-order chi connectivity index (χ0) is 10.0. The first-order valence-electron chi connectivity index (χ1n) is 3.95. The Morgan fingerprint density at radius 2 is 1.85 bits per heavy atom. The summed E-state index contributed by atoms with van der Waals surface area (Å²) < 4.78 is 9.50. The summed E-state index contributed by atoms with van der Waals surface area (Å²) in [7, 11) is 1.28. The smallest absolute Gasteiger partial charge is 0.184 e. The lowest BCUT2D eigenvalue weighted by molar-refractivity contribution is -0.291. The van der Waals surface area contributed by atoms with Crippen LogP contribution in [0.2, 0.25) is 0 Å². The molecule has 1 rings (SSSR count). The van der Waals surface area contributed by atoms with Crippen molar-refractivity contribution < 1.29 is 29.9 Å². The number of aliphatic hydroxyl groups excluding tert-OH is 4. The van der Waals surface area contributed by atoms with Crippen LogP contribution < -0.4 is 0 Å². The molecule has 1 aliphatic heterocycles. The zero-order valence-corrected chi connectivity index (χ0v) is 7.20. The highest BCUT2D eigenvalue weighted by atomic mass is 16.7. The maximum absolute atomic E-state index is 9.38. The molecule has 78 valence electrons. The third-order valence-corrected chi connectivity index (χ3v) is 2.11. The highest BCUT2D eigenvalue weighted by Gasteiger charge is 2.43. The van der Waals surface area contributed by atoms with Crippen LogP contribution in [0.5, 0.6) is 0 Å². The van der Waals surface area contributed by atoms with Gasteiger partial charge in [0.1, 0.15) is 24.4 Å². The normalized spacial score (nSPS) is 46.4. The molecule has 0 amide bonds. The molecule has 1 heterocycles. The third kappa shape index (κ3) is 1.98. The predicted molar refractivity (Wildman–Crippen MR) is 40.8 cm³/mol. The Balaban J connectivity index is 2.66. The fourth-order valence-electron chi connectivity index (χ4n) is 1.33. The fourth-order valence-corrected chi connectivity index (χ4v) is 1.33. The number of rotatable bonds is 2. The van der Waals surface area contributed by atoms with Crippen LogP contribution >= 0.6 is 0 Å². The number of hydrogen-bond donors (Lipinski definition) is 4. The van der Waals surface area contributed by atoms with Crippen LogP contribution in [0.3, 0.4) is 0 Å². The Hall–Kier alpha value is -0.240. The summed E-state index contributed by atoms with van der Waals surface area (Å²) >= 11 is 0. The first-order chi connectivity index (χ1) is 6.11. The van der Waals surface area contributed by atoms with E-state index in [0.29, 0.717) is 0 Å². The van der Waals surface area contributed by atoms with Gasteiger partial charge >= 0.3 is 0 Å². The van der Waals surface area contributed by atoms with E-state index in [0.717, 1.165) is 0 Å². The van der Waals surface area contributed by atoms with Gasteiger partial charge in [0.2, 0.25) is 0 Å². The van der Waals surface area contributed by atoms with Gasteiger partial charge in [0.25, 0.3) is 0 Å². The minimum atomic E-state index is -1.33. The van der Waals surface area contributed by atoms with Crippen LogP contribution in [-0.2, 0) is 9.47 Å². The molecule has 0 aromatic rings. The predicted octanol–water partition coefficient (Wildman–Crippen LogP) is -2.57. The van der Waals surface area contributed by atoms with Gasteiger partial charge in [-0.1, -0.05) is 0 Å². The molecule has 0 spiro atoms. The largest absolute Gasteiger partial charge is 0.394 e. The van der Waals surface area contributed by atoms with E-state index in [9.17, 15) is 15.3 Å². The summed E-state index contributed by atoms with van der Waals surface area (Å²) in [6, 6.07) is 0. The van der Waals surface area contributed by atoms with E-state index in [4.69, 9.17) is 14.6 Å². The summed E-state index contributed by atoms with van der Waals surface area (Å²) in [6.07, 6.45) is -5.81. The van der Waals surface area contributed by atoms with E-state index in [2.05, 4.69) is 0 Å². The molecule has 0 bridgehead atoms. The van der Waals surface area contributed by atoms with Gasteiger partial charge < -0.3 is 29.9 Å². The molecule has 0 aliphatic carbocycles. The number of aliphatic hydroxyl groups is 4. The van der Waals surface area contributed by atoms with E-state index in [1.807, 2.05) is 0 Å². The van der Waals surface area contributed by atoms with Crippen molar-refractivity contribution in [2.75, 3.05) is 13.7 Å². The molecule has 1 saturated heterocycles. The van der Waals surface area contributed by atoms with Crippen LogP contribution in [0.15, 0.2) is 0 Å². The second kappa shape index (κ2) is 4.32. The Morgan fingerprint density at radius 1 is 1.23 bits per heavy atom. The summed E-state index contributed by atoms with van der Waals surface area (Å²) in [5.41, 5.74) is 0. The summed E-state index contributed by atoms with van der Waals surface area (Å²) in [6.45, 7) is -0.467. The van der Waals surface area contributed by atoms with E-state index in [1.54, 1.807) is 0 Å².